The van der Waals surface area contributed by atoms with Crippen molar-refractivity contribution in [2.75, 3.05) is 39.1 Å². The smallest absolute Gasteiger partial charge is 0.453 e. The monoisotopic (exact) mass is 660 g/mol. The van der Waals surface area contributed by atoms with Crippen molar-refractivity contribution in [2.45, 2.75) is 94.6 Å². The largest absolute Gasteiger partial charge is 0.492 e. The second-order valence-electron chi connectivity index (χ2n) is 11.8. The molecular weight excluding hydrogens is 615 g/mol. The van der Waals surface area contributed by atoms with Crippen molar-refractivity contribution in [1.82, 2.24) is 0 Å². The zero-order valence-corrected chi connectivity index (χ0v) is 27.2. The molecule has 2 unspecified atom stereocenters. The van der Waals surface area contributed by atoms with Gasteiger partial charge in [0.2, 0.25) is 0 Å². The SMILES string of the molecule is COCOc1ccc2c(c1)OCC(C)(c1ccc(C(=O)OC)cc1)C2CCCCCCCCCSCCCC(F)(F)C(F)(F)F. The number of hydrogen-bond donors (Lipinski definition) is 0. The summed E-state index contributed by atoms with van der Waals surface area (Å²) < 4.78 is 84.4. The summed E-state index contributed by atoms with van der Waals surface area (Å²) in [7, 11) is 2.94. The zero-order valence-electron chi connectivity index (χ0n) is 26.4. The van der Waals surface area contributed by atoms with E-state index in [4.69, 9.17) is 18.9 Å². The number of carbonyl (C=O) groups is 1. The lowest BCUT2D eigenvalue weighted by atomic mass is 9.66. The average Bonchev–Trinajstić information content (AvgIpc) is 3.02. The number of ether oxygens (including phenoxy) is 4. The lowest BCUT2D eigenvalue weighted by molar-refractivity contribution is -0.284. The molecule has 0 fully saturated rings. The van der Waals surface area contributed by atoms with Gasteiger partial charge in [-0.3, -0.25) is 0 Å². The van der Waals surface area contributed by atoms with E-state index in [1.165, 1.54) is 18.9 Å². The molecule has 0 radical (unpaired) electrons. The third kappa shape index (κ3) is 10.5. The summed E-state index contributed by atoms with van der Waals surface area (Å²) in [6.45, 7) is 2.85. The number of hydrogen-bond acceptors (Lipinski definition) is 6. The van der Waals surface area contributed by atoms with Crippen LogP contribution >= 0.6 is 11.8 Å². The number of carbonyl (C=O) groups excluding carboxylic acids is 1. The Balaban J connectivity index is 1.47. The van der Waals surface area contributed by atoms with Crippen LogP contribution in [0.15, 0.2) is 42.5 Å². The highest BCUT2D eigenvalue weighted by Crippen LogP contribution is 2.50. The van der Waals surface area contributed by atoms with Gasteiger partial charge >= 0.3 is 18.1 Å². The molecule has 5 nitrogen and oxygen atoms in total. The molecule has 0 spiro atoms. The standard InChI is InChI=1S/C34H45F5O5S/c1-32(26-15-13-25(14-16-26)31(40)42-3)23-43-30-22-27(44-24-41-2)17-18-28(30)29(32)12-9-7-5-4-6-8-10-20-45-21-11-19-33(35,36)34(37,38)39/h13-18,22,29H,4-12,19-21,23-24H2,1-3H3. The molecule has 0 N–H and O–H groups in total. The van der Waals surface area contributed by atoms with Crippen molar-refractivity contribution in [2.24, 2.45) is 0 Å². The number of thioether (sulfide) groups is 1. The van der Waals surface area contributed by atoms with Gasteiger partial charge < -0.3 is 18.9 Å². The van der Waals surface area contributed by atoms with Crippen LogP contribution in [0.4, 0.5) is 22.0 Å². The van der Waals surface area contributed by atoms with Crippen LogP contribution in [-0.2, 0) is 14.9 Å². The number of methoxy groups -OCH3 is 2. The van der Waals surface area contributed by atoms with Crippen LogP contribution in [0.5, 0.6) is 11.5 Å². The van der Waals surface area contributed by atoms with E-state index in [0.717, 1.165) is 74.0 Å². The van der Waals surface area contributed by atoms with Gasteiger partial charge in [-0.25, -0.2) is 4.79 Å². The van der Waals surface area contributed by atoms with Crippen molar-refractivity contribution in [3.63, 3.8) is 0 Å². The van der Waals surface area contributed by atoms with E-state index in [0.29, 0.717) is 23.7 Å². The normalized spacial score (nSPS) is 18.3. The Morgan fingerprint density at radius 2 is 1.56 bits per heavy atom. The molecule has 3 rings (SSSR count). The first-order valence-corrected chi connectivity index (χ1v) is 16.7. The molecule has 0 aliphatic carbocycles. The van der Waals surface area contributed by atoms with Gasteiger partial charge in [0.25, 0.3) is 0 Å². The predicted octanol–water partition coefficient (Wildman–Crippen LogP) is 9.72. The topological polar surface area (TPSA) is 54.0 Å². The Hall–Kier alpha value is -2.53. The third-order valence-electron chi connectivity index (χ3n) is 8.44. The second kappa shape index (κ2) is 17.4. The minimum atomic E-state index is -5.46. The van der Waals surface area contributed by atoms with Gasteiger partial charge in [0.1, 0.15) is 11.5 Å². The van der Waals surface area contributed by atoms with Gasteiger partial charge in [0.15, 0.2) is 6.79 Å². The highest BCUT2D eigenvalue weighted by molar-refractivity contribution is 7.99. The summed E-state index contributed by atoms with van der Waals surface area (Å²) in [5.41, 5.74) is 2.42. The second-order valence-corrected chi connectivity index (χ2v) is 13.0. The van der Waals surface area contributed by atoms with Crippen LogP contribution in [0.1, 0.15) is 98.5 Å². The average molecular weight is 661 g/mol. The quantitative estimate of drug-likeness (QED) is 0.0647. The molecule has 0 saturated carbocycles. The fraction of sp³-hybridized carbons (Fsp3) is 0.618. The van der Waals surface area contributed by atoms with Crippen molar-refractivity contribution in [1.29, 1.82) is 0 Å². The minimum absolute atomic E-state index is 0.143. The van der Waals surface area contributed by atoms with Crippen LogP contribution in [-0.4, -0.2) is 57.2 Å². The molecule has 252 valence electrons. The van der Waals surface area contributed by atoms with Crippen LogP contribution in [0.3, 0.4) is 0 Å². The summed E-state index contributed by atoms with van der Waals surface area (Å²) in [4.78, 5) is 12.0. The Bertz CT molecular complexity index is 1190. The third-order valence-corrected chi connectivity index (χ3v) is 9.60. The van der Waals surface area contributed by atoms with Crippen LogP contribution in [0.2, 0.25) is 0 Å². The molecule has 45 heavy (non-hydrogen) atoms. The van der Waals surface area contributed by atoms with Crippen LogP contribution < -0.4 is 9.47 Å². The van der Waals surface area contributed by atoms with Gasteiger partial charge in [-0.1, -0.05) is 63.6 Å². The minimum Gasteiger partial charge on any atom is -0.492 e. The predicted molar refractivity (Wildman–Crippen MR) is 167 cm³/mol. The number of esters is 1. The summed E-state index contributed by atoms with van der Waals surface area (Å²) >= 11 is 1.44. The van der Waals surface area contributed by atoms with Gasteiger partial charge in [0, 0.05) is 30.9 Å². The molecule has 1 heterocycles. The van der Waals surface area contributed by atoms with Crippen molar-refractivity contribution in [3.05, 3.63) is 59.2 Å². The van der Waals surface area contributed by atoms with Gasteiger partial charge in [0.05, 0.1) is 19.3 Å². The molecule has 11 heteroatoms. The Morgan fingerprint density at radius 1 is 0.911 bits per heavy atom. The molecule has 0 aromatic heterocycles. The summed E-state index contributed by atoms with van der Waals surface area (Å²) in [6.07, 6.45) is 1.56. The zero-order chi connectivity index (χ0) is 32.9. The number of alkyl halides is 5. The number of fused-ring (bicyclic) bond motifs is 1. The molecule has 0 bridgehead atoms. The Morgan fingerprint density at radius 3 is 2.20 bits per heavy atom. The molecular formula is C34H45F5O5S. The van der Waals surface area contributed by atoms with E-state index in [1.807, 2.05) is 24.3 Å². The highest BCUT2D eigenvalue weighted by atomic mass is 32.2. The van der Waals surface area contributed by atoms with E-state index < -0.39 is 18.5 Å². The molecule has 1 aliphatic rings. The summed E-state index contributed by atoms with van der Waals surface area (Å²) in [5.74, 6) is -2.20. The maximum atomic E-state index is 13.0. The number of rotatable bonds is 19. The first-order valence-electron chi connectivity index (χ1n) is 15.5. The van der Waals surface area contributed by atoms with Crippen LogP contribution in [0.25, 0.3) is 0 Å². The lowest BCUT2D eigenvalue weighted by Gasteiger charge is -2.43. The Labute approximate surface area is 267 Å². The van der Waals surface area contributed by atoms with Gasteiger partial charge in [-0.05, 0) is 60.1 Å². The summed E-state index contributed by atoms with van der Waals surface area (Å²) in [5, 5.41) is 0. The fourth-order valence-electron chi connectivity index (χ4n) is 5.76. The van der Waals surface area contributed by atoms with Crippen molar-refractivity contribution in [3.8, 4) is 11.5 Å². The molecule has 2 aromatic carbocycles. The van der Waals surface area contributed by atoms with E-state index in [9.17, 15) is 26.7 Å². The van der Waals surface area contributed by atoms with Crippen LogP contribution in [0, 0.1) is 0 Å². The van der Waals surface area contributed by atoms with E-state index in [2.05, 4.69) is 13.0 Å². The van der Waals surface area contributed by atoms with Crippen molar-refractivity contribution >= 4 is 17.7 Å². The highest BCUT2D eigenvalue weighted by Gasteiger charge is 2.56. The van der Waals surface area contributed by atoms with Crippen molar-refractivity contribution < 1.29 is 45.7 Å². The molecule has 2 atom stereocenters. The maximum absolute atomic E-state index is 13.0. The molecule has 2 aromatic rings. The van der Waals surface area contributed by atoms with Gasteiger partial charge in [-0.2, -0.15) is 33.7 Å². The number of benzene rings is 2. The Kier molecular flexibility index (Phi) is 14.3. The fourth-order valence-corrected chi connectivity index (χ4v) is 6.72. The molecule has 0 amide bonds. The molecule has 1 aliphatic heterocycles. The van der Waals surface area contributed by atoms with Gasteiger partial charge in [-0.15, -0.1) is 0 Å². The summed E-state index contributed by atoms with van der Waals surface area (Å²) in [6, 6.07) is 13.5. The molecule has 0 saturated heterocycles. The number of halogens is 5. The van der Waals surface area contributed by atoms with E-state index in [1.54, 1.807) is 19.2 Å². The van der Waals surface area contributed by atoms with E-state index in [-0.39, 0.29) is 30.5 Å². The lowest BCUT2D eigenvalue weighted by Crippen LogP contribution is -2.40. The first-order chi connectivity index (χ1) is 21.4. The first kappa shape index (κ1) is 36.9. The van der Waals surface area contributed by atoms with E-state index >= 15 is 0 Å². The maximum Gasteiger partial charge on any atom is 0.453 e. The number of unbranched alkanes of at least 4 members (excludes halogenated alkanes) is 6.